The fourth-order valence-electron chi connectivity index (χ4n) is 3.98. The molecule has 0 saturated heterocycles. The zero-order valence-corrected chi connectivity index (χ0v) is 20.7. The van der Waals surface area contributed by atoms with Crippen molar-refractivity contribution in [2.75, 3.05) is 4.90 Å². The van der Waals surface area contributed by atoms with Crippen LogP contribution in [-0.2, 0) is 0 Å². The molecule has 0 amide bonds. The van der Waals surface area contributed by atoms with Gasteiger partial charge in [-0.25, -0.2) is 0 Å². The quantitative estimate of drug-likeness (QED) is 0.311. The lowest BCUT2D eigenvalue weighted by Crippen LogP contribution is -2.46. The van der Waals surface area contributed by atoms with Crippen LogP contribution < -0.4 is 10.2 Å². The summed E-state index contributed by atoms with van der Waals surface area (Å²) in [5.41, 5.74) is 6.17. The summed E-state index contributed by atoms with van der Waals surface area (Å²) in [5.74, 6) is 1.03. The van der Waals surface area contributed by atoms with E-state index < -0.39 is 0 Å². The van der Waals surface area contributed by atoms with Gasteiger partial charge in [0.1, 0.15) is 0 Å². The molecular formula is C25H21ClN4OS2. The normalized spacial score (nSPS) is 16.3. The van der Waals surface area contributed by atoms with Crippen LogP contribution in [-0.4, -0.2) is 15.3 Å². The second kappa shape index (κ2) is 8.74. The number of nitrogens with zero attached hydrogens (tertiary/aromatic N) is 3. The molecule has 0 fully saturated rings. The second-order valence-electron chi connectivity index (χ2n) is 7.94. The number of thiophene rings is 1. The van der Waals surface area contributed by atoms with Gasteiger partial charge in [-0.05, 0) is 79.3 Å². The highest BCUT2D eigenvalue weighted by atomic mass is 35.5. The summed E-state index contributed by atoms with van der Waals surface area (Å²) in [5, 5.41) is 11.0. The van der Waals surface area contributed by atoms with Gasteiger partial charge >= 0.3 is 0 Å². The molecule has 2 aromatic carbocycles. The minimum Gasteiger partial charge on any atom is -0.351 e. The molecule has 5 rings (SSSR count). The maximum Gasteiger partial charge on any atom is 0.258 e. The Hall–Kier alpha value is -3.00. The SMILES string of the molecule is CC1=C(c2nc(-c3cccs3)no2)C(c2ccc(C)c(C)c2)NC(=S)N1c1cccc(Cl)c1. The number of halogens is 1. The van der Waals surface area contributed by atoms with Crippen LogP contribution in [0.4, 0.5) is 5.69 Å². The van der Waals surface area contributed by atoms with Gasteiger partial charge in [0.15, 0.2) is 5.11 Å². The van der Waals surface area contributed by atoms with Crippen molar-refractivity contribution < 1.29 is 4.52 Å². The Kier molecular flexibility index (Phi) is 5.78. The number of anilines is 1. The lowest BCUT2D eigenvalue weighted by Gasteiger charge is -2.37. The van der Waals surface area contributed by atoms with Gasteiger partial charge in [0, 0.05) is 16.4 Å². The van der Waals surface area contributed by atoms with Gasteiger partial charge in [-0.15, -0.1) is 11.3 Å². The Balaban J connectivity index is 1.68. The molecule has 1 unspecified atom stereocenters. The zero-order chi connectivity index (χ0) is 23.1. The van der Waals surface area contributed by atoms with Crippen LogP contribution in [0.25, 0.3) is 16.3 Å². The van der Waals surface area contributed by atoms with Crippen molar-refractivity contribution in [3.8, 4) is 10.7 Å². The number of allylic oxidation sites excluding steroid dienone is 1. The Morgan fingerprint density at radius 1 is 1.06 bits per heavy atom. The predicted octanol–water partition coefficient (Wildman–Crippen LogP) is 6.94. The van der Waals surface area contributed by atoms with Crippen LogP contribution in [0.5, 0.6) is 0 Å². The van der Waals surface area contributed by atoms with Gasteiger partial charge < -0.3 is 9.84 Å². The van der Waals surface area contributed by atoms with E-state index in [1.165, 1.54) is 11.1 Å². The van der Waals surface area contributed by atoms with Crippen LogP contribution >= 0.6 is 35.2 Å². The summed E-state index contributed by atoms with van der Waals surface area (Å²) in [4.78, 5) is 7.67. The van der Waals surface area contributed by atoms with Crippen LogP contribution in [0.3, 0.4) is 0 Å². The van der Waals surface area contributed by atoms with Crippen LogP contribution in [0.15, 0.2) is 70.2 Å². The fourth-order valence-corrected chi connectivity index (χ4v) is 5.17. The highest BCUT2D eigenvalue weighted by Gasteiger charge is 2.35. The summed E-state index contributed by atoms with van der Waals surface area (Å²) in [6, 6.07) is 17.7. The molecule has 0 saturated carbocycles. The van der Waals surface area contributed by atoms with Gasteiger partial charge in [0.05, 0.1) is 16.5 Å². The van der Waals surface area contributed by atoms with Gasteiger partial charge in [-0.3, -0.25) is 4.90 Å². The average molecular weight is 493 g/mol. The van der Waals surface area contributed by atoms with E-state index in [0.717, 1.165) is 27.4 Å². The van der Waals surface area contributed by atoms with Crippen LogP contribution in [0.2, 0.25) is 5.02 Å². The molecule has 8 heteroatoms. The molecule has 0 aliphatic carbocycles. The van der Waals surface area contributed by atoms with E-state index in [1.54, 1.807) is 11.3 Å². The molecule has 2 aromatic heterocycles. The van der Waals surface area contributed by atoms with Crippen molar-refractivity contribution in [3.05, 3.63) is 93.3 Å². The summed E-state index contributed by atoms with van der Waals surface area (Å²) < 4.78 is 5.80. The molecule has 4 aromatic rings. The van der Waals surface area contributed by atoms with Crippen molar-refractivity contribution in [1.29, 1.82) is 0 Å². The average Bonchev–Trinajstić information content (AvgIpc) is 3.47. The largest absolute Gasteiger partial charge is 0.351 e. The maximum absolute atomic E-state index is 6.28. The van der Waals surface area contributed by atoms with Gasteiger partial charge in [0.25, 0.3) is 5.89 Å². The Bertz CT molecular complexity index is 1380. The highest BCUT2D eigenvalue weighted by Crippen LogP contribution is 2.40. The number of hydrogen-bond acceptors (Lipinski definition) is 5. The highest BCUT2D eigenvalue weighted by molar-refractivity contribution is 7.80. The Morgan fingerprint density at radius 3 is 2.64 bits per heavy atom. The molecule has 1 N–H and O–H groups in total. The molecular weight excluding hydrogens is 472 g/mol. The number of benzene rings is 2. The smallest absolute Gasteiger partial charge is 0.258 e. The first-order chi connectivity index (χ1) is 15.9. The molecule has 1 aliphatic rings. The van der Waals surface area contributed by atoms with Crippen molar-refractivity contribution in [1.82, 2.24) is 15.5 Å². The number of aromatic nitrogens is 2. The first-order valence-corrected chi connectivity index (χ1v) is 12.1. The first kappa shape index (κ1) is 21.8. The molecule has 0 bridgehead atoms. The molecule has 33 heavy (non-hydrogen) atoms. The fraction of sp³-hybridized carbons (Fsp3) is 0.160. The van der Waals surface area contributed by atoms with E-state index >= 15 is 0 Å². The van der Waals surface area contributed by atoms with Crippen LogP contribution in [0.1, 0.15) is 35.5 Å². The van der Waals surface area contributed by atoms with Gasteiger partial charge in [0.2, 0.25) is 5.82 Å². The maximum atomic E-state index is 6.28. The number of rotatable bonds is 4. The molecule has 1 atom stereocenters. The molecule has 166 valence electrons. The molecule has 5 nitrogen and oxygen atoms in total. The van der Waals surface area contributed by atoms with E-state index in [1.807, 2.05) is 53.6 Å². The number of hydrogen-bond donors (Lipinski definition) is 1. The van der Waals surface area contributed by atoms with E-state index in [4.69, 9.17) is 33.3 Å². The summed E-state index contributed by atoms with van der Waals surface area (Å²) in [6.45, 7) is 6.23. The topological polar surface area (TPSA) is 54.2 Å². The van der Waals surface area contributed by atoms with E-state index in [0.29, 0.717) is 21.9 Å². The lowest BCUT2D eigenvalue weighted by molar-refractivity contribution is 0.404. The van der Waals surface area contributed by atoms with Crippen molar-refractivity contribution >= 4 is 51.5 Å². The molecule has 1 aliphatic heterocycles. The van der Waals surface area contributed by atoms with Crippen LogP contribution in [0, 0.1) is 13.8 Å². The number of aryl methyl sites for hydroxylation is 2. The first-order valence-electron chi connectivity index (χ1n) is 10.4. The molecule has 0 spiro atoms. The predicted molar refractivity (Wildman–Crippen MR) is 139 cm³/mol. The standard InChI is InChI=1S/C25H21ClN4OS2/c1-14-9-10-17(12-15(14)2)22-21(24-28-23(29-31-24)20-8-5-11-33-20)16(3)30(25(32)27-22)19-7-4-6-18(26)13-19/h4-13,22H,1-3H3,(H,27,32). The van der Waals surface area contributed by atoms with Crippen molar-refractivity contribution in [2.24, 2.45) is 0 Å². The minimum atomic E-state index is -0.233. The third-order valence-electron chi connectivity index (χ3n) is 5.81. The van der Waals surface area contributed by atoms with E-state index in [-0.39, 0.29) is 6.04 Å². The van der Waals surface area contributed by atoms with E-state index in [9.17, 15) is 0 Å². The minimum absolute atomic E-state index is 0.233. The third kappa shape index (κ3) is 4.08. The second-order valence-corrected chi connectivity index (χ2v) is 9.71. The summed E-state index contributed by atoms with van der Waals surface area (Å²) in [6.07, 6.45) is 0. The molecule has 0 radical (unpaired) electrons. The monoisotopic (exact) mass is 492 g/mol. The summed E-state index contributed by atoms with van der Waals surface area (Å²) in [7, 11) is 0. The Labute approximate surface area is 206 Å². The van der Waals surface area contributed by atoms with Crippen molar-refractivity contribution in [2.45, 2.75) is 26.8 Å². The molecule has 3 heterocycles. The Morgan fingerprint density at radius 2 is 1.91 bits per heavy atom. The lowest BCUT2D eigenvalue weighted by atomic mass is 9.92. The zero-order valence-electron chi connectivity index (χ0n) is 18.3. The summed E-state index contributed by atoms with van der Waals surface area (Å²) >= 11 is 13.7. The van der Waals surface area contributed by atoms with Gasteiger partial charge in [-0.1, -0.05) is 47.1 Å². The van der Waals surface area contributed by atoms with Gasteiger partial charge in [-0.2, -0.15) is 4.98 Å². The number of nitrogens with one attached hydrogen (secondary N) is 1. The van der Waals surface area contributed by atoms with Crippen molar-refractivity contribution in [3.63, 3.8) is 0 Å². The van der Waals surface area contributed by atoms with E-state index in [2.05, 4.69) is 42.5 Å². The third-order valence-corrected chi connectivity index (χ3v) is 7.21. The number of thiocarbonyl (C=S) groups is 1.